The van der Waals surface area contributed by atoms with Crippen LogP contribution >= 0.6 is 11.6 Å². The summed E-state index contributed by atoms with van der Waals surface area (Å²) < 4.78 is 5.32. The average molecular weight is 327 g/mol. The van der Waals surface area contributed by atoms with Crippen LogP contribution in [0, 0.1) is 0 Å². The van der Waals surface area contributed by atoms with Crippen LogP contribution < -0.4 is 0 Å². The van der Waals surface area contributed by atoms with Crippen LogP contribution in [0.3, 0.4) is 0 Å². The number of hydrogen-bond donors (Lipinski definition) is 1. The van der Waals surface area contributed by atoms with Crippen molar-refractivity contribution in [2.45, 2.75) is 6.42 Å². The van der Waals surface area contributed by atoms with Crippen LogP contribution in [-0.2, 0) is 16.0 Å². The number of rotatable bonds is 7. The molecule has 22 heavy (non-hydrogen) atoms. The number of hydrogen-bond acceptors (Lipinski definition) is 4. The van der Waals surface area contributed by atoms with Gasteiger partial charge in [0.05, 0.1) is 26.2 Å². The van der Waals surface area contributed by atoms with Crippen LogP contribution in [0.25, 0.3) is 0 Å². The summed E-state index contributed by atoms with van der Waals surface area (Å²) in [5.41, 5.74) is 0.823. The molecule has 1 amide bonds. The fourth-order valence-electron chi connectivity index (χ4n) is 2.49. The van der Waals surface area contributed by atoms with Crippen LogP contribution in [0.1, 0.15) is 5.56 Å². The van der Waals surface area contributed by atoms with E-state index in [0.717, 1.165) is 38.4 Å². The van der Waals surface area contributed by atoms with E-state index in [1.54, 1.807) is 11.0 Å². The Morgan fingerprint density at radius 1 is 1.27 bits per heavy atom. The molecule has 0 saturated carbocycles. The molecule has 1 aliphatic rings. The van der Waals surface area contributed by atoms with E-state index < -0.39 is 0 Å². The number of benzene rings is 1. The van der Waals surface area contributed by atoms with Crippen LogP contribution in [0.5, 0.6) is 0 Å². The van der Waals surface area contributed by atoms with E-state index in [1.165, 1.54) is 0 Å². The molecule has 1 heterocycles. The lowest BCUT2D eigenvalue weighted by Gasteiger charge is -2.30. The van der Waals surface area contributed by atoms with Crippen molar-refractivity contribution in [2.75, 3.05) is 52.5 Å². The number of nitrogens with zero attached hydrogens (tertiary/aromatic N) is 2. The lowest BCUT2D eigenvalue weighted by molar-refractivity contribution is -0.131. The molecular weight excluding hydrogens is 304 g/mol. The molecule has 0 aliphatic carbocycles. The van der Waals surface area contributed by atoms with Crippen LogP contribution in [0.2, 0.25) is 5.02 Å². The van der Waals surface area contributed by atoms with Gasteiger partial charge in [-0.05, 0) is 11.6 Å². The minimum atomic E-state index is -0.0304. The highest BCUT2D eigenvalue weighted by Gasteiger charge is 2.17. The van der Waals surface area contributed by atoms with E-state index in [4.69, 9.17) is 16.3 Å². The number of morpholine rings is 1. The molecule has 0 atom stereocenters. The highest BCUT2D eigenvalue weighted by molar-refractivity contribution is 6.31. The molecule has 1 fully saturated rings. The molecule has 0 unspecified atom stereocenters. The smallest absolute Gasteiger partial charge is 0.227 e. The Morgan fingerprint density at radius 2 is 2.00 bits per heavy atom. The number of aliphatic hydroxyl groups excluding tert-OH is 1. The molecule has 1 aliphatic heterocycles. The second kappa shape index (κ2) is 9.10. The summed E-state index contributed by atoms with van der Waals surface area (Å²) in [5, 5.41) is 9.79. The van der Waals surface area contributed by atoms with Gasteiger partial charge in [-0.1, -0.05) is 29.8 Å². The SMILES string of the molecule is O=C(Cc1ccccc1Cl)N(CCO)CCN1CCOCC1. The highest BCUT2D eigenvalue weighted by Crippen LogP contribution is 2.16. The fourth-order valence-corrected chi connectivity index (χ4v) is 2.69. The molecular formula is C16H23ClN2O3. The van der Waals surface area contributed by atoms with Gasteiger partial charge in [0.25, 0.3) is 0 Å². The van der Waals surface area contributed by atoms with Gasteiger partial charge in [-0.15, -0.1) is 0 Å². The zero-order valence-electron chi connectivity index (χ0n) is 12.7. The van der Waals surface area contributed by atoms with Crippen molar-refractivity contribution in [2.24, 2.45) is 0 Å². The third-order valence-corrected chi connectivity index (χ3v) is 4.18. The van der Waals surface area contributed by atoms with Crippen molar-refractivity contribution in [1.82, 2.24) is 9.80 Å². The Bertz CT molecular complexity index is 478. The lowest BCUT2D eigenvalue weighted by Crippen LogP contribution is -2.44. The number of halogens is 1. The maximum Gasteiger partial charge on any atom is 0.227 e. The summed E-state index contributed by atoms with van der Waals surface area (Å²) in [6.07, 6.45) is 0.267. The third-order valence-electron chi connectivity index (χ3n) is 3.81. The molecule has 0 spiro atoms. The Balaban J connectivity index is 1.88. The quantitative estimate of drug-likeness (QED) is 0.813. The average Bonchev–Trinajstić information content (AvgIpc) is 2.54. The summed E-state index contributed by atoms with van der Waals surface area (Å²) in [6, 6.07) is 7.37. The second-order valence-corrected chi connectivity index (χ2v) is 5.73. The highest BCUT2D eigenvalue weighted by atomic mass is 35.5. The van der Waals surface area contributed by atoms with Gasteiger partial charge in [0.1, 0.15) is 0 Å². The number of aliphatic hydroxyl groups is 1. The summed E-state index contributed by atoms with van der Waals surface area (Å²) >= 11 is 6.11. The molecule has 122 valence electrons. The molecule has 0 aromatic heterocycles. The summed E-state index contributed by atoms with van der Waals surface area (Å²) in [6.45, 7) is 5.02. The standard InChI is InChI=1S/C16H23ClN2O3/c17-15-4-2-1-3-14(15)13-16(21)19(7-10-20)6-5-18-8-11-22-12-9-18/h1-4,20H,5-13H2. The monoisotopic (exact) mass is 326 g/mol. The minimum absolute atomic E-state index is 0.00425. The maximum absolute atomic E-state index is 12.4. The van der Waals surface area contributed by atoms with Gasteiger partial charge >= 0.3 is 0 Å². The van der Waals surface area contributed by atoms with E-state index in [-0.39, 0.29) is 18.9 Å². The van der Waals surface area contributed by atoms with Gasteiger partial charge in [0, 0.05) is 37.7 Å². The van der Waals surface area contributed by atoms with E-state index in [2.05, 4.69) is 4.90 Å². The van der Waals surface area contributed by atoms with Crippen LogP contribution in [0.4, 0.5) is 0 Å². The normalized spacial score (nSPS) is 15.7. The summed E-state index contributed by atoms with van der Waals surface area (Å²) in [5.74, 6) is -0.00425. The van der Waals surface area contributed by atoms with Crippen molar-refractivity contribution >= 4 is 17.5 Å². The van der Waals surface area contributed by atoms with E-state index in [1.807, 2.05) is 18.2 Å². The molecule has 6 heteroatoms. The molecule has 5 nitrogen and oxygen atoms in total. The van der Waals surface area contributed by atoms with Gasteiger partial charge in [-0.3, -0.25) is 9.69 Å². The van der Waals surface area contributed by atoms with E-state index in [9.17, 15) is 9.90 Å². The van der Waals surface area contributed by atoms with Crippen LogP contribution in [0.15, 0.2) is 24.3 Å². The largest absolute Gasteiger partial charge is 0.395 e. The number of carbonyl (C=O) groups is 1. The molecule has 1 aromatic rings. The number of carbonyl (C=O) groups excluding carboxylic acids is 1. The van der Waals surface area contributed by atoms with Crippen LogP contribution in [-0.4, -0.2) is 73.4 Å². The zero-order chi connectivity index (χ0) is 15.8. The number of amides is 1. The van der Waals surface area contributed by atoms with Gasteiger partial charge in [-0.2, -0.15) is 0 Å². The van der Waals surface area contributed by atoms with Gasteiger partial charge < -0.3 is 14.7 Å². The maximum atomic E-state index is 12.4. The lowest BCUT2D eigenvalue weighted by atomic mass is 10.1. The van der Waals surface area contributed by atoms with Gasteiger partial charge in [0.2, 0.25) is 5.91 Å². The first kappa shape index (κ1) is 17.2. The number of ether oxygens (including phenoxy) is 1. The second-order valence-electron chi connectivity index (χ2n) is 5.33. The third kappa shape index (κ3) is 5.25. The fraction of sp³-hybridized carbons (Fsp3) is 0.562. The van der Waals surface area contributed by atoms with Crippen molar-refractivity contribution in [3.05, 3.63) is 34.9 Å². The molecule has 1 saturated heterocycles. The van der Waals surface area contributed by atoms with Gasteiger partial charge in [0.15, 0.2) is 0 Å². The summed E-state index contributed by atoms with van der Waals surface area (Å²) in [7, 11) is 0. The Hall–Kier alpha value is -1.14. The molecule has 2 rings (SSSR count). The Labute approximate surface area is 136 Å². The van der Waals surface area contributed by atoms with Crippen molar-refractivity contribution in [1.29, 1.82) is 0 Å². The first-order valence-electron chi connectivity index (χ1n) is 7.63. The van der Waals surface area contributed by atoms with E-state index >= 15 is 0 Å². The van der Waals surface area contributed by atoms with E-state index in [0.29, 0.717) is 18.1 Å². The van der Waals surface area contributed by atoms with Crippen molar-refractivity contribution < 1.29 is 14.6 Å². The molecule has 1 aromatic carbocycles. The van der Waals surface area contributed by atoms with Gasteiger partial charge in [-0.25, -0.2) is 0 Å². The first-order valence-corrected chi connectivity index (χ1v) is 8.00. The predicted molar refractivity (Wildman–Crippen MR) is 86.1 cm³/mol. The topological polar surface area (TPSA) is 53.0 Å². The molecule has 0 radical (unpaired) electrons. The van der Waals surface area contributed by atoms with Crippen molar-refractivity contribution in [3.8, 4) is 0 Å². The van der Waals surface area contributed by atoms with Crippen molar-refractivity contribution in [3.63, 3.8) is 0 Å². The molecule has 1 N–H and O–H groups in total. The predicted octanol–water partition coefficient (Wildman–Crippen LogP) is 1.04. The Kier molecular flexibility index (Phi) is 7.12. The summed E-state index contributed by atoms with van der Waals surface area (Å²) in [4.78, 5) is 16.4. The minimum Gasteiger partial charge on any atom is -0.395 e. The molecule has 0 bridgehead atoms. The Morgan fingerprint density at radius 3 is 2.68 bits per heavy atom. The zero-order valence-corrected chi connectivity index (χ0v) is 13.5. The first-order chi connectivity index (χ1) is 10.7.